The molecule has 0 aromatic carbocycles. The fraction of sp³-hybridized carbons (Fsp3) is 0.929. The van der Waals surface area contributed by atoms with Crippen molar-refractivity contribution in [2.24, 2.45) is 52.3 Å². The fourth-order valence-electron chi connectivity index (χ4n) is 9.10. The molecule has 0 radical (unpaired) electrons. The minimum Gasteiger partial charge on any atom is -0.481 e. The maximum atomic E-state index is 12.2. The number of hydrogen-bond acceptors (Lipinski definition) is 4. The number of carbonyl (C=O) groups excluding carboxylic acids is 1. The van der Waals surface area contributed by atoms with Gasteiger partial charge in [-0.05, 0) is 104 Å². The first kappa shape index (κ1) is 25.0. The maximum Gasteiger partial charge on any atom is 0.308 e. The molecule has 8 unspecified atom stereocenters. The van der Waals surface area contributed by atoms with E-state index in [4.69, 9.17) is 9.84 Å². The first-order valence-corrected chi connectivity index (χ1v) is 13.6. The van der Waals surface area contributed by atoms with E-state index < -0.39 is 5.97 Å². The molecular weight excluding hydrogens is 416 g/mol. The summed E-state index contributed by atoms with van der Waals surface area (Å²) in [5.41, 5.74) is 0.130. The van der Waals surface area contributed by atoms with Crippen LogP contribution in [-0.2, 0) is 14.3 Å². The summed E-state index contributed by atoms with van der Waals surface area (Å²) in [6.45, 7) is 10.8. The lowest BCUT2D eigenvalue weighted by Gasteiger charge is -2.62. The number of esters is 1. The van der Waals surface area contributed by atoms with E-state index in [1.54, 1.807) is 0 Å². The van der Waals surface area contributed by atoms with Gasteiger partial charge in [0, 0.05) is 6.42 Å². The highest BCUT2D eigenvalue weighted by Crippen LogP contribution is 2.68. The Hall–Kier alpha value is -1.10. The van der Waals surface area contributed by atoms with Crippen molar-refractivity contribution in [2.75, 3.05) is 0 Å². The number of carbonyl (C=O) groups is 2. The molecule has 4 aliphatic carbocycles. The van der Waals surface area contributed by atoms with E-state index in [9.17, 15) is 14.7 Å². The third-order valence-corrected chi connectivity index (χ3v) is 11.1. The highest BCUT2D eigenvalue weighted by molar-refractivity contribution is 5.71. The quantitative estimate of drug-likeness (QED) is 0.496. The number of carboxylic acids is 1. The summed E-state index contributed by atoms with van der Waals surface area (Å²) in [6.07, 6.45) is 9.28. The number of aliphatic hydroxyl groups is 1. The molecule has 0 saturated heterocycles. The van der Waals surface area contributed by atoms with E-state index in [2.05, 4.69) is 20.8 Å². The van der Waals surface area contributed by atoms with Gasteiger partial charge in [-0.25, -0.2) is 0 Å². The molecule has 0 aromatic heterocycles. The molecule has 4 saturated carbocycles. The average Bonchev–Trinajstić information content (AvgIpc) is 3.11. The third-order valence-electron chi connectivity index (χ3n) is 11.1. The summed E-state index contributed by atoms with van der Waals surface area (Å²) in [4.78, 5) is 23.3. The highest BCUT2D eigenvalue weighted by Gasteiger charge is 2.63. The van der Waals surface area contributed by atoms with Gasteiger partial charge in [0.05, 0.1) is 12.0 Å². The van der Waals surface area contributed by atoms with Crippen LogP contribution in [0.3, 0.4) is 0 Å². The minimum absolute atomic E-state index is 0.0549. The number of aliphatic carboxylic acids is 1. The van der Waals surface area contributed by atoms with Crippen molar-refractivity contribution >= 4 is 11.9 Å². The maximum absolute atomic E-state index is 12.2. The molecule has 5 nitrogen and oxygen atoms in total. The second-order valence-electron chi connectivity index (χ2n) is 12.9. The molecule has 0 spiro atoms. The third kappa shape index (κ3) is 4.25. The Labute approximate surface area is 200 Å². The van der Waals surface area contributed by atoms with Crippen LogP contribution in [0.25, 0.3) is 0 Å². The van der Waals surface area contributed by atoms with Gasteiger partial charge in [-0.2, -0.15) is 0 Å². The van der Waals surface area contributed by atoms with E-state index >= 15 is 0 Å². The van der Waals surface area contributed by atoms with Gasteiger partial charge < -0.3 is 14.9 Å². The van der Waals surface area contributed by atoms with Gasteiger partial charge >= 0.3 is 11.9 Å². The molecule has 5 heteroatoms. The van der Waals surface area contributed by atoms with Crippen molar-refractivity contribution in [1.82, 2.24) is 0 Å². The number of rotatable bonds is 6. The number of aliphatic hydroxyl groups excluding tert-OH is 1. The zero-order valence-electron chi connectivity index (χ0n) is 21.4. The van der Waals surface area contributed by atoms with E-state index in [1.807, 2.05) is 13.8 Å². The lowest BCUT2D eigenvalue weighted by Crippen LogP contribution is -2.59. The van der Waals surface area contributed by atoms with Gasteiger partial charge in [0.25, 0.3) is 0 Å². The summed E-state index contributed by atoms with van der Waals surface area (Å²) in [5.74, 6) is 2.19. The molecule has 0 aliphatic heterocycles. The predicted molar refractivity (Wildman–Crippen MR) is 127 cm³/mol. The number of fused-ring (bicyclic) bond motifs is 5. The van der Waals surface area contributed by atoms with Crippen LogP contribution in [0.2, 0.25) is 0 Å². The smallest absolute Gasteiger partial charge is 0.308 e. The van der Waals surface area contributed by atoms with Crippen LogP contribution in [0, 0.1) is 52.3 Å². The van der Waals surface area contributed by atoms with Crippen molar-refractivity contribution < 1.29 is 24.5 Å². The van der Waals surface area contributed by atoms with Gasteiger partial charge in [0.2, 0.25) is 0 Å². The van der Waals surface area contributed by atoms with Crippen molar-refractivity contribution in [2.45, 2.75) is 111 Å². The zero-order chi connectivity index (χ0) is 24.1. The lowest BCUT2D eigenvalue weighted by molar-refractivity contribution is -0.182. The summed E-state index contributed by atoms with van der Waals surface area (Å²) < 4.78 is 5.84. The summed E-state index contributed by atoms with van der Waals surface area (Å²) in [6, 6.07) is 0. The predicted octanol–water partition coefficient (Wildman–Crippen LogP) is 5.68. The van der Waals surface area contributed by atoms with Gasteiger partial charge in [0.15, 0.2) is 0 Å². The molecule has 4 aliphatic rings. The number of ether oxygens (including phenoxy) is 1. The summed E-state index contributed by atoms with van der Waals surface area (Å²) >= 11 is 0. The van der Waals surface area contributed by atoms with Crippen LogP contribution in [0.4, 0.5) is 0 Å². The van der Waals surface area contributed by atoms with Crippen molar-refractivity contribution in [3.05, 3.63) is 0 Å². The number of carboxylic acid groups (broad SMARTS) is 1. The lowest BCUT2D eigenvalue weighted by atomic mass is 9.43. The Morgan fingerprint density at radius 3 is 2.39 bits per heavy atom. The van der Waals surface area contributed by atoms with Crippen LogP contribution in [-0.4, -0.2) is 34.4 Å². The van der Waals surface area contributed by atoms with E-state index in [0.717, 1.165) is 32.1 Å². The van der Waals surface area contributed by atoms with Gasteiger partial charge in [-0.15, -0.1) is 0 Å². The Bertz CT molecular complexity index is 749. The van der Waals surface area contributed by atoms with Gasteiger partial charge in [-0.3, -0.25) is 9.59 Å². The molecule has 4 fully saturated rings. The van der Waals surface area contributed by atoms with Crippen LogP contribution >= 0.6 is 0 Å². The molecule has 188 valence electrons. The van der Waals surface area contributed by atoms with Crippen molar-refractivity contribution in [3.63, 3.8) is 0 Å². The highest BCUT2D eigenvalue weighted by atomic mass is 16.5. The molecule has 0 aromatic rings. The molecule has 2 N–H and O–H groups in total. The second-order valence-corrected chi connectivity index (χ2v) is 12.9. The Balaban J connectivity index is 1.49. The SMILES string of the molecule is CC(C)C(=O)O[C@@H]1CCC2(C)C(CCC3C2C[C@H](O)C2(C)C(C(C)CCC(=O)O)CCC32)C1. The van der Waals surface area contributed by atoms with Crippen LogP contribution in [0.1, 0.15) is 98.8 Å². The second kappa shape index (κ2) is 9.17. The molecule has 33 heavy (non-hydrogen) atoms. The van der Waals surface area contributed by atoms with Crippen molar-refractivity contribution in [1.29, 1.82) is 0 Å². The topological polar surface area (TPSA) is 83.8 Å². The monoisotopic (exact) mass is 462 g/mol. The fourth-order valence-corrected chi connectivity index (χ4v) is 9.10. The van der Waals surface area contributed by atoms with Crippen LogP contribution in [0.5, 0.6) is 0 Å². The Morgan fingerprint density at radius 2 is 1.73 bits per heavy atom. The van der Waals surface area contributed by atoms with Gasteiger partial charge in [-0.1, -0.05) is 34.6 Å². The molecule has 4 rings (SSSR count). The van der Waals surface area contributed by atoms with Crippen molar-refractivity contribution in [3.8, 4) is 0 Å². The standard InChI is InChI=1S/C28H46O5/c1-16(2)26(32)33-19-12-13-27(4)18(14-19)7-8-20-22-10-9-21(17(3)6-11-25(30)31)28(22,5)24(29)15-23(20)27/h16-24,29H,6-15H2,1-5H3,(H,30,31)/t17?,18?,19-,20?,21?,22?,23?,24+,27?,28?/m1/s1. The molecule has 0 heterocycles. The first-order valence-electron chi connectivity index (χ1n) is 13.6. The summed E-state index contributed by atoms with van der Waals surface area (Å²) in [5, 5.41) is 20.8. The van der Waals surface area contributed by atoms with E-state index in [1.165, 1.54) is 19.3 Å². The van der Waals surface area contributed by atoms with E-state index in [-0.39, 0.29) is 41.3 Å². The normalized spacial score (nSPS) is 45.6. The Kier molecular flexibility index (Phi) is 6.95. The molecule has 0 amide bonds. The molecule has 0 bridgehead atoms. The van der Waals surface area contributed by atoms with Gasteiger partial charge in [0.1, 0.15) is 6.10 Å². The molecular formula is C28H46O5. The largest absolute Gasteiger partial charge is 0.481 e. The average molecular weight is 463 g/mol. The minimum atomic E-state index is -0.716. The van der Waals surface area contributed by atoms with E-state index in [0.29, 0.717) is 41.9 Å². The first-order chi connectivity index (χ1) is 15.5. The Morgan fingerprint density at radius 1 is 1.00 bits per heavy atom. The van der Waals surface area contributed by atoms with Crippen LogP contribution in [0.15, 0.2) is 0 Å². The molecule has 10 atom stereocenters. The number of hydrogen-bond donors (Lipinski definition) is 2. The zero-order valence-corrected chi connectivity index (χ0v) is 21.4. The summed E-state index contributed by atoms with van der Waals surface area (Å²) in [7, 11) is 0. The van der Waals surface area contributed by atoms with Crippen LogP contribution < -0.4 is 0 Å².